The molecule has 6 N–H and O–H groups in total. The molecule has 0 aromatic carbocycles. The van der Waals surface area contributed by atoms with Crippen LogP contribution in [0.3, 0.4) is 0 Å². The van der Waals surface area contributed by atoms with E-state index in [0.29, 0.717) is 6.42 Å². The van der Waals surface area contributed by atoms with Crippen molar-refractivity contribution < 1.29 is 30.6 Å². The van der Waals surface area contributed by atoms with Gasteiger partial charge in [-0.05, 0) is 20.3 Å². The summed E-state index contributed by atoms with van der Waals surface area (Å²) >= 11 is 0. The largest absolute Gasteiger partial charge is 0.396 e. The summed E-state index contributed by atoms with van der Waals surface area (Å²) in [6, 6.07) is 0. The zero-order valence-corrected chi connectivity index (χ0v) is 10.8. The molecule has 0 saturated heterocycles. The first-order chi connectivity index (χ1) is 7.95. The summed E-state index contributed by atoms with van der Waals surface area (Å²) in [5.41, 5.74) is 0. The average molecular weight is 256 g/mol. The van der Waals surface area contributed by atoms with Crippen molar-refractivity contribution in [1.29, 1.82) is 0 Å². The number of rotatable bonds is 4. The van der Waals surface area contributed by atoms with E-state index in [1.54, 1.807) is 6.92 Å². The lowest BCUT2D eigenvalue weighted by atomic mass is 10.3. The maximum atomic E-state index is 8.39. The fraction of sp³-hybridized carbons (Fsp3) is 0.818. The third-order valence-electron chi connectivity index (χ3n) is 0.911. The predicted molar refractivity (Wildman–Crippen MR) is 67.6 cm³/mol. The molecule has 2 atom stereocenters. The molecule has 0 aliphatic carbocycles. The summed E-state index contributed by atoms with van der Waals surface area (Å²) < 4.78 is 0. The molecule has 2 unspecified atom stereocenters. The SMILES string of the molecule is C=C.CC(O)CCO.CC(O)CO.OCCO. The van der Waals surface area contributed by atoms with Gasteiger partial charge in [0.05, 0.1) is 32.0 Å². The molecule has 0 fully saturated rings. The highest BCUT2D eigenvalue weighted by Crippen LogP contribution is 1.83. The maximum Gasteiger partial charge on any atom is 0.0742 e. The second-order valence-corrected chi connectivity index (χ2v) is 2.84. The van der Waals surface area contributed by atoms with Gasteiger partial charge >= 0.3 is 0 Å². The van der Waals surface area contributed by atoms with Gasteiger partial charge in [-0.25, -0.2) is 0 Å². The zero-order valence-electron chi connectivity index (χ0n) is 10.8. The normalized spacial score (nSPS) is 11.5. The van der Waals surface area contributed by atoms with Gasteiger partial charge < -0.3 is 30.6 Å². The average Bonchev–Trinajstić information content (AvgIpc) is 2.32. The number of aliphatic hydroxyl groups is 6. The zero-order chi connectivity index (χ0) is 14.7. The highest BCUT2D eigenvalue weighted by Gasteiger charge is 1.88. The molecule has 6 heteroatoms. The topological polar surface area (TPSA) is 121 Å². The van der Waals surface area contributed by atoms with Crippen LogP contribution >= 0.6 is 0 Å². The van der Waals surface area contributed by atoms with Crippen molar-refractivity contribution in [2.45, 2.75) is 32.5 Å². The van der Waals surface area contributed by atoms with E-state index in [-0.39, 0.29) is 32.5 Å². The van der Waals surface area contributed by atoms with Crippen LogP contribution in [0, 0.1) is 0 Å². The molecule has 0 rings (SSSR count). The van der Waals surface area contributed by atoms with E-state index in [1.165, 1.54) is 6.92 Å². The van der Waals surface area contributed by atoms with Gasteiger partial charge in [0.1, 0.15) is 0 Å². The lowest BCUT2D eigenvalue weighted by Crippen LogP contribution is -2.03. The van der Waals surface area contributed by atoms with Crippen molar-refractivity contribution in [2.24, 2.45) is 0 Å². The van der Waals surface area contributed by atoms with E-state index in [9.17, 15) is 0 Å². The summed E-state index contributed by atoms with van der Waals surface area (Å²) in [5.74, 6) is 0. The van der Waals surface area contributed by atoms with E-state index < -0.39 is 6.10 Å². The van der Waals surface area contributed by atoms with Crippen LogP contribution in [0.1, 0.15) is 20.3 Å². The van der Waals surface area contributed by atoms with Gasteiger partial charge in [0.25, 0.3) is 0 Å². The number of aliphatic hydroxyl groups excluding tert-OH is 6. The van der Waals surface area contributed by atoms with Gasteiger partial charge in [0.15, 0.2) is 0 Å². The Balaban J connectivity index is -0.0000000705. The van der Waals surface area contributed by atoms with Gasteiger partial charge in [-0.15, -0.1) is 13.2 Å². The van der Waals surface area contributed by atoms with Crippen LogP contribution in [0.2, 0.25) is 0 Å². The molecule has 0 aliphatic heterocycles. The van der Waals surface area contributed by atoms with E-state index in [1.807, 2.05) is 0 Å². The standard InChI is InChI=1S/C4H10O2.C3H8O2.C2H6O2.C2H4/c1-4(6)2-3-5;1-3(5)2-4;3-1-2-4;1-2/h4-6H,2-3H2,1H3;3-5H,2H2,1H3;3-4H,1-2H2;1-2H2. The Bertz CT molecular complexity index is 96.0. The first-order valence-electron chi connectivity index (χ1n) is 5.25. The van der Waals surface area contributed by atoms with Crippen molar-refractivity contribution in [2.75, 3.05) is 26.4 Å². The Morgan fingerprint density at radius 3 is 1.06 bits per heavy atom. The van der Waals surface area contributed by atoms with Gasteiger partial charge in [-0.2, -0.15) is 0 Å². The van der Waals surface area contributed by atoms with Crippen LogP contribution in [-0.4, -0.2) is 69.3 Å². The van der Waals surface area contributed by atoms with Crippen molar-refractivity contribution in [3.05, 3.63) is 13.2 Å². The molecule has 0 aromatic heterocycles. The highest BCUT2D eigenvalue weighted by atomic mass is 16.3. The molecule has 0 aromatic rings. The van der Waals surface area contributed by atoms with Gasteiger partial charge in [0.2, 0.25) is 0 Å². The van der Waals surface area contributed by atoms with Crippen LogP contribution in [0.5, 0.6) is 0 Å². The van der Waals surface area contributed by atoms with Crippen LogP contribution in [0.25, 0.3) is 0 Å². The molecular formula is C11H28O6. The van der Waals surface area contributed by atoms with Gasteiger partial charge in [-0.1, -0.05) is 0 Å². The van der Waals surface area contributed by atoms with Crippen molar-refractivity contribution in [3.8, 4) is 0 Å². The monoisotopic (exact) mass is 256 g/mol. The predicted octanol–water partition coefficient (Wildman–Crippen LogP) is -1.12. The molecule has 0 amide bonds. The summed E-state index contributed by atoms with van der Waals surface area (Å²) in [6.45, 7) is 8.87. The minimum absolute atomic E-state index is 0.0810. The summed E-state index contributed by atoms with van der Waals surface area (Å²) in [7, 11) is 0. The molecule has 0 bridgehead atoms. The molecule has 0 saturated carbocycles. The quantitative estimate of drug-likeness (QED) is 0.354. The third kappa shape index (κ3) is 93.4. The van der Waals surface area contributed by atoms with Crippen LogP contribution < -0.4 is 0 Å². The lowest BCUT2D eigenvalue weighted by Gasteiger charge is -1.95. The Morgan fingerprint density at radius 1 is 0.765 bits per heavy atom. The summed E-state index contributed by atoms with van der Waals surface area (Å²) in [4.78, 5) is 0. The lowest BCUT2D eigenvalue weighted by molar-refractivity contribution is 0.110. The van der Waals surface area contributed by atoms with E-state index in [0.717, 1.165) is 0 Å². The molecule has 0 heterocycles. The van der Waals surface area contributed by atoms with Crippen molar-refractivity contribution in [1.82, 2.24) is 0 Å². The van der Waals surface area contributed by atoms with E-state index in [4.69, 9.17) is 30.6 Å². The third-order valence-corrected chi connectivity index (χ3v) is 0.911. The highest BCUT2D eigenvalue weighted by molar-refractivity contribution is 4.40. The van der Waals surface area contributed by atoms with E-state index >= 15 is 0 Å². The minimum Gasteiger partial charge on any atom is -0.396 e. The van der Waals surface area contributed by atoms with Gasteiger partial charge in [-0.3, -0.25) is 0 Å². The summed E-state index contributed by atoms with van der Waals surface area (Å²) in [6.07, 6.45) is -0.426. The van der Waals surface area contributed by atoms with E-state index in [2.05, 4.69) is 13.2 Å². The Kier molecular flexibility index (Phi) is 44.1. The minimum atomic E-state index is -0.560. The Morgan fingerprint density at radius 2 is 1.06 bits per heavy atom. The first kappa shape index (κ1) is 25.4. The Hall–Kier alpha value is -0.500. The number of hydrogen-bond donors (Lipinski definition) is 6. The second kappa shape index (κ2) is 29.6. The molecule has 17 heavy (non-hydrogen) atoms. The molecule has 0 aliphatic rings. The molecule has 0 radical (unpaired) electrons. The van der Waals surface area contributed by atoms with Crippen LogP contribution in [0.15, 0.2) is 13.2 Å². The molecule has 0 spiro atoms. The first-order valence-corrected chi connectivity index (χ1v) is 5.25. The van der Waals surface area contributed by atoms with Crippen LogP contribution in [0.4, 0.5) is 0 Å². The van der Waals surface area contributed by atoms with Crippen molar-refractivity contribution in [3.63, 3.8) is 0 Å². The van der Waals surface area contributed by atoms with Gasteiger partial charge in [0, 0.05) is 6.61 Å². The fourth-order valence-corrected chi connectivity index (χ4v) is 0.187. The summed E-state index contributed by atoms with van der Waals surface area (Å²) in [5, 5.41) is 47.7. The molecule has 108 valence electrons. The van der Waals surface area contributed by atoms with Crippen molar-refractivity contribution >= 4 is 0 Å². The second-order valence-electron chi connectivity index (χ2n) is 2.84. The maximum absolute atomic E-state index is 8.39. The Labute approximate surface area is 103 Å². The van der Waals surface area contributed by atoms with Crippen LogP contribution in [-0.2, 0) is 0 Å². The number of hydrogen-bond acceptors (Lipinski definition) is 6. The smallest absolute Gasteiger partial charge is 0.0742 e. The fourth-order valence-electron chi connectivity index (χ4n) is 0.187. The molecule has 6 nitrogen and oxygen atoms in total. The molecular weight excluding hydrogens is 228 g/mol.